The highest BCUT2D eigenvalue weighted by atomic mass is 16.6. The minimum atomic E-state index is -1.23. The summed E-state index contributed by atoms with van der Waals surface area (Å²) in [6, 6.07) is 14.7. The van der Waals surface area contributed by atoms with Crippen LogP contribution in [0, 0.1) is 0 Å². The maximum absolute atomic E-state index is 12.2. The maximum Gasteiger partial charge on any atom is 0.410 e. The van der Waals surface area contributed by atoms with Gasteiger partial charge in [-0.2, -0.15) is 0 Å². The molecule has 1 amide bonds. The van der Waals surface area contributed by atoms with Gasteiger partial charge in [0.15, 0.2) is 6.04 Å². The Bertz CT molecular complexity index is 804. The third-order valence-corrected chi connectivity index (χ3v) is 4.91. The van der Waals surface area contributed by atoms with E-state index in [0.717, 1.165) is 27.2 Å². The number of aliphatic carboxylic acids is 1. The molecule has 0 aromatic heterocycles. The second kappa shape index (κ2) is 5.89. The van der Waals surface area contributed by atoms with Gasteiger partial charge in [-0.1, -0.05) is 48.5 Å². The van der Waals surface area contributed by atoms with Crippen LogP contribution in [-0.4, -0.2) is 52.5 Å². The monoisotopic (exact) mass is 339 g/mol. The smallest absolute Gasteiger partial charge is 0.410 e. The first-order chi connectivity index (χ1) is 12.1. The number of ether oxygens (including phenoxy) is 1. The van der Waals surface area contributed by atoms with Crippen molar-refractivity contribution < 1.29 is 24.5 Å². The van der Waals surface area contributed by atoms with E-state index in [0.29, 0.717) is 0 Å². The Balaban J connectivity index is 1.52. The Morgan fingerprint density at radius 3 is 2.12 bits per heavy atom. The van der Waals surface area contributed by atoms with Crippen molar-refractivity contribution in [2.45, 2.75) is 18.1 Å². The summed E-state index contributed by atoms with van der Waals surface area (Å²) in [7, 11) is 0. The average Bonchev–Trinajstić information content (AvgIpc) is 2.91. The number of likely N-dealkylation sites (tertiary alicyclic amines) is 1. The van der Waals surface area contributed by atoms with Crippen LogP contribution in [0.3, 0.4) is 0 Å². The summed E-state index contributed by atoms with van der Waals surface area (Å²) in [4.78, 5) is 24.3. The first kappa shape index (κ1) is 15.7. The molecule has 25 heavy (non-hydrogen) atoms. The van der Waals surface area contributed by atoms with Crippen LogP contribution in [0.5, 0.6) is 0 Å². The van der Waals surface area contributed by atoms with Gasteiger partial charge in [0, 0.05) is 5.92 Å². The Morgan fingerprint density at radius 2 is 1.60 bits per heavy atom. The number of amides is 1. The van der Waals surface area contributed by atoms with Crippen LogP contribution >= 0.6 is 0 Å². The lowest BCUT2D eigenvalue weighted by Crippen LogP contribution is -2.65. The van der Waals surface area contributed by atoms with Gasteiger partial charge in [0.1, 0.15) is 12.7 Å². The fraction of sp³-hybridized carbons (Fsp3) is 0.263. The molecule has 1 saturated heterocycles. The van der Waals surface area contributed by atoms with Crippen molar-refractivity contribution in [2.24, 2.45) is 0 Å². The molecular formula is C19H17NO5. The van der Waals surface area contributed by atoms with Gasteiger partial charge >= 0.3 is 12.1 Å². The third kappa shape index (κ3) is 2.46. The lowest BCUT2D eigenvalue weighted by atomic mass is 9.98. The largest absolute Gasteiger partial charge is 0.480 e. The number of benzene rings is 2. The Morgan fingerprint density at radius 1 is 1.04 bits per heavy atom. The lowest BCUT2D eigenvalue weighted by Gasteiger charge is -2.41. The van der Waals surface area contributed by atoms with Gasteiger partial charge < -0.3 is 14.9 Å². The molecule has 1 heterocycles. The van der Waals surface area contributed by atoms with Gasteiger partial charge in [0.2, 0.25) is 0 Å². The normalized spacial score (nSPS) is 21.2. The van der Waals surface area contributed by atoms with Crippen LogP contribution in [0.2, 0.25) is 0 Å². The zero-order valence-electron chi connectivity index (χ0n) is 13.3. The van der Waals surface area contributed by atoms with Crippen molar-refractivity contribution in [1.29, 1.82) is 0 Å². The highest BCUT2D eigenvalue weighted by Gasteiger charge is 2.47. The van der Waals surface area contributed by atoms with E-state index in [2.05, 4.69) is 0 Å². The number of hydrogen-bond donors (Lipinski definition) is 2. The van der Waals surface area contributed by atoms with Crippen molar-refractivity contribution in [2.75, 3.05) is 13.2 Å². The van der Waals surface area contributed by atoms with E-state index in [4.69, 9.17) is 9.84 Å². The number of β-amino-alcohol motifs (C(OH)–C–C–N with tert-alkyl or cyclic N) is 1. The number of fused-ring (bicyclic) bond motifs is 3. The minimum Gasteiger partial charge on any atom is -0.480 e. The molecule has 2 aromatic rings. The molecule has 2 N–H and O–H groups in total. The van der Waals surface area contributed by atoms with Gasteiger partial charge in [0.05, 0.1) is 6.54 Å². The molecule has 2 aliphatic rings. The summed E-state index contributed by atoms with van der Waals surface area (Å²) in [5.74, 6) is -1.31. The molecule has 128 valence electrons. The first-order valence-electron chi connectivity index (χ1n) is 8.10. The van der Waals surface area contributed by atoms with E-state index in [9.17, 15) is 14.7 Å². The Kier molecular flexibility index (Phi) is 3.69. The number of nitrogens with zero attached hydrogens (tertiary/aromatic N) is 1. The van der Waals surface area contributed by atoms with E-state index in [1.165, 1.54) is 0 Å². The second-order valence-electron chi connectivity index (χ2n) is 6.31. The average molecular weight is 339 g/mol. The van der Waals surface area contributed by atoms with Gasteiger partial charge in [-0.3, -0.25) is 4.90 Å². The number of hydrogen-bond acceptors (Lipinski definition) is 4. The zero-order chi connectivity index (χ0) is 17.6. The molecule has 2 atom stereocenters. The maximum atomic E-state index is 12.2. The fourth-order valence-corrected chi connectivity index (χ4v) is 3.65. The van der Waals surface area contributed by atoms with Crippen molar-refractivity contribution in [1.82, 2.24) is 4.90 Å². The lowest BCUT2D eigenvalue weighted by molar-refractivity contribution is -0.157. The van der Waals surface area contributed by atoms with Gasteiger partial charge in [0.25, 0.3) is 0 Å². The molecule has 4 rings (SSSR count). The quantitative estimate of drug-likeness (QED) is 0.894. The molecule has 0 radical (unpaired) electrons. The number of carboxylic acid groups (broad SMARTS) is 1. The SMILES string of the molecule is O=C(O)[C@@H]1[C@H](O)CN1C(=O)OCC1c2ccccc2-c2ccccc21. The van der Waals surface area contributed by atoms with Crippen LogP contribution in [0.15, 0.2) is 48.5 Å². The van der Waals surface area contributed by atoms with Crippen LogP contribution in [-0.2, 0) is 9.53 Å². The molecule has 0 saturated carbocycles. The number of carbonyl (C=O) groups excluding carboxylic acids is 1. The molecule has 0 unspecified atom stereocenters. The van der Waals surface area contributed by atoms with Gasteiger partial charge in [-0.05, 0) is 22.3 Å². The molecule has 1 aliphatic carbocycles. The van der Waals surface area contributed by atoms with Gasteiger partial charge in [-0.25, -0.2) is 9.59 Å². The molecule has 0 spiro atoms. The molecule has 0 bridgehead atoms. The van der Waals surface area contributed by atoms with E-state index in [1.807, 2.05) is 48.5 Å². The predicted molar refractivity (Wildman–Crippen MR) is 89.2 cm³/mol. The third-order valence-electron chi connectivity index (χ3n) is 4.91. The van der Waals surface area contributed by atoms with Crippen LogP contribution in [0.4, 0.5) is 4.79 Å². The molecule has 6 nitrogen and oxygen atoms in total. The second-order valence-corrected chi connectivity index (χ2v) is 6.31. The van der Waals surface area contributed by atoms with Gasteiger partial charge in [-0.15, -0.1) is 0 Å². The summed E-state index contributed by atoms with van der Waals surface area (Å²) < 4.78 is 5.38. The number of rotatable bonds is 3. The summed E-state index contributed by atoms with van der Waals surface area (Å²) in [5.41, 5.74) is 4.44. The summed E-state index contributed by atoms with van der Waals surface area (Å²) >= 11 is 0. The Labute approximate surface area is 144 Å². The number of carbonyl (C=O) groups is 2. The molecule has 1 fully saturated rings. The fourth-order valence-electron chi connectivity index (χ4n) is 3.65. The molecule has 1 aliphatic heterocycles. The molecule has 2 aromatic carbocycles. The number of aliphatic hydroxyl groups excluding tert-OH is 1. The van der Waals surface area contributed by atoms with E-state index in [-0.39, 0.29) is 19.1 Å². The van der Waals surface area contributed by atoms with E-state index < -0.39 is 24.2 Å². The Hall–Kier alpha value is -2.86. The summed E-state index contributed by atoms with van der Waals surface area (Å²) in [5, 5.41) is 18.6. The van der Waals surface area contributed by atoms with E-state index >= 15 is 0 Å². The summed E-state index contributed by atoms with van der Waals surface area (Å²) in [6.45, 7) is 0.111. The van der Waals surface area contributed by atoms with Crippen molar-refractivity contribution in [3.8, 4) is 11.1 Å². The topological polar surface area (TPSA) is 87.1 Å². The summed E-state index contributed by atoms with van der Waals surface area (Å²) in [6.07, 6.45) is -1.75. The van der Waals surface area contributed by atoms with Crippen molar-refractivity contribution >= 4 is 12.1 Å². The highest BCUT2D eigenvalue weighted by molar-refractivity contribution is 5.83. The number of aliphatic hydroxyl groups is 1. The molecular weight excluding hydrogens is 322 g/mol. The molecule has 6 heteroatoms. The van der Waals surface area contributed by atoms with E-state index in [1.54, 1.807) is 0 Å². The van der Waals surface area contributed by atoms with Crippen LogP contribution in [0.25, 0.3) is 11.1 Å². The van der Waals surface area contributed by atoms with Crippen LogP contribution in [0.1, 0.15) is 17.0 Å². The number of carboxylic acids is 1. The highest BCUT2D eigenvalue weighted by Crippen LogP contribution is 2.44. The minimum absolute atomic E-state index is 0.0202. The standard InChI is InChI=1S/C19H17NO5/c21-16-9-20(17(16)18(22)23)19(24)25-10-15-13-7-3-1-5-11(13)12-6-2-4-8-14(12)15/h1-8,15-17,21H,9-10H2,(H,22,23)/t16-,17+/m1/s1. The predicted octanol–water partition coefficient (Wildman–Crippen LogP) is 2.07. The van der Waals surface area contributed by atoms with Crippen molar-refractivity contribution in [3.05, 3.63) is 59.7 Å². The first-order valence-corrected chi connectivity index (χ1v) is 8.10. The van der Waals surface area contributed by atoms with Crippen LogP contribution < -0.4 is 0 Å². The van der Waals surface area contributed by atoms with Crippen molar-refractivity contribution in [3.63, 3.8) is 0 Å². The zero-order valence-corrected chi connectivity index (χ0v) is 13.3.